The number of rotatable bonds is 1. The van der Waals surface area contributed by atoms with Crippen LogP contribution in [-0.2, 0) is 0 Å². The lowest BCUT2D eigenvalue weighted by atomic mass is 10.5. The molecule has 0 aromatic rings. The van der Waals surface area contributed by atoms with E-state index in [4.69, 9.17) is 69.6 Å². The van der Waals surface area contributed by atoms with Crippen molar-refractivity contribution in [2.45, 2.75) is 3.79 Å². The fraction of sp³-hybridized carbons (Fsp3) is 0.200. The van der Waals surface area contributed by atoms with Gasteiger partial charge >= 0.3 is 0 Å². The van der Waals surface area contributed by atoms with Crippen LogP contribution in [-0.4, -0.2) is 3.79 Å². The average Bonchev–Trinajstić information content (AvgIpc) is 1.85. The van der Waals surface area contributed by atoms with Crippen LogP contribution in [0.25, 0.3) is 0 Å². The van der Waals surface area contributed by atoms with Crippen molar-refractivity contribution in [2.24, 2.45) is 0 Å². The molecule has 0 aliphatic carbocycles. The summed E-state index contributed by atoms with van der Waals surface area (Å²) in [5.74, 6) is 0. The van der Waals surface area contributed by atoms with Crippen LogP contribution in [0.3, 0.4) is 0 Å². The minimum absolute atomic E-state index is 0.00981. The summed E-state index contributed by atoms with van der Waals surface area (Å²) in [7, 11) is 0. The molecular formula is C5H2Cl6. The highest BCUT2D eigenvalue weighted by Gasteiger charge is 2.24. The van der Waals surface area contributed by atoms with Crippen molar-refractivity contribution in [2.75, 3.05) is 0 Å². The largest absolute Gasteiger partial charge is 0.226 e. The molecule has 0 amide bonds. The van der Waals surface area contributed by atoms with E-state index in [0.717, 1.165) is 5.54 Å². The second kappa shape index (κ2) is 5.06. The quantitative estimate of drug-likeness (QED) is 0.476. The fourth-order valence-corrected chi connectivity index (χ4v) is 0.744. The van der Waals surface area contributed by atoms with Gasteiger partial charge in [-0.2, -0.15) is 0 Å². The topological polar surface area (TPSA) is 0 Å². The molecule has 0 aromatic heterocycles. The van der Waals surface area contributed by atoms with Gasteiger partial charge in [-0.15, -0.1) is 0 Å². The van der Waals surface area contributed by atoms with Crippen LogP contribution < -0.4 is 0 Å². The zero-order chi connectivity index (χ0) is 9.07. The first-order valence-electron chi connectivity index (χ1n) is 2.28. The molecule has 0 spiro atoms. The second-order valence-corrected chi connectivity index (χ2v) is 4.83. The normalized spacial score (nSPS) is 15.5. The van der Waals surface area contributed by atoms with E-state index in [1.54, 1.807) is 0 Å². The third-order valence-corrected chi connectivity index (χ3v) is 2.50. The molecule has 0 bridgehead atoms. The number of hydrogen-bond acceptors (Lipinski definition) is 0. The first-order valence-corrected chi connectivity index (χ1v) is 4.61. The molecule has 0 aliphatic rings. The zero-order valence-corrected chi connectivity index (χ0v) is 9.46. The van der Waals surface area contributed by atoms with Gasteiger partial charge in [-0.3, -0.25) is 0 Å². The molecule has 11 heavy (non-hydrogen) atoms. The van der Waals surface area contributed by atoms with Gasteiger partial charge in [-0.05, 0) is 6.08 Å². The molecule has 0 atom stereocenters. The average molecular weight is 275 g/mol. The Labute approximate surface area is 94.6 Å². The first kappa shape index (κ1) is 12.2. The zero-order valence-electron chi connectivity index (χ0n) is 4.92. The van der Waals surface area contributed by atoms with E-state index in [1.165, 1.54) is 6.08 Å². The van der Waals surface area contributed by atoms with Crippen molar-refractivity contribution < 1.29 is 0 Å². The van der Waals surface area contributed by atoms with E-state index in [1.807, 2.05) is 0 Å². The molecule has 0 N–H and O–H groups in total. The SMILES string of the molecule is Cl/C=C(Cl)/C=C(\Cl)C(Cl)(Cl)Cl. The van der Waals surface area contributed by atoms with Gasteiger partial charge in [-0.25, -0.2) is 0 Å². The molecule has 0 unspecified atom stereocenters. The maximum Gasteiger partial charge on any atom is 0.226 e. The number of allylic oxidation sites excluding steroid dienone is 3. The Balaban J connectivity index is 4.48. The second-order valence-electron chi connectivity index (χ2n) is 1.48. The fourth-order valence-electron chi connectivity index (χ4n) is 0.234. The number of hydrogen-bond donors (Lipinski definition) is 0. The van der Waals surface area contributed by atoms with Crippen LogP contribution in [0, 0.1) is 0 Å². The van der Waals surface area contributed by atoms with Crippen LogP contribution in [0.4, 0.5) is 0 Å². The summed E-state index contributed by atoms with van der Waals surface area (Å²) in [6.45, 7) is 0. The predicted molar refractivity (Wildman–Crippen MR) is 54.0 cm³/mol. The lowest BCUT2D eigenvalue weighted by Crippen LogP contribution is -2.00. The van der Waals surface area contributed by atoms with Gasteiger partial charge in [0.05, 0.1) is 10.1 Å². The van der Waals surface area contributed by atoms with Gasteiger partial charge < -0.3 is 0 Å². The Morgan fingerprint density at radius 2 is 1.55 bits per heavy atom. The van der Waals surface area contributed by atoms with Crippen molar-refractivity contribution >= 4 is 69.6 Å². The van der Waals surface area contributed by atoms with Crippen molar-refractivity contribution in [1.82, 2.24) is 0 Å². The van der Waals surface area contributed by atoms with Crippen LogP contribution >= 0.6 is 69.6 Å². The Morgan fingerprint density at radius 3 is 1.82 bits per heavy atom. The molecule has 0 saturated carbocycles. The van der Waals surface area contributed by atoms with Crippen molar-refractivity contribution in [1.29, 1.82) is 0 Å². The summed E-state index contributed by atoms with van der Waals surface area (Å²) >= 11 is 32.3. The summed E-state index contributed by atoms with van der Waals surface area (Å²) in [5.41, 5.74) is 1.11. The molecular weight excluding hydrogens is 273 g/mol. The van der Waals surface area contributed by atoms with Crippen LogP contribution in [0.2, 0.25) is 0 Å². The van der Waals surface area contributed by atoms with E-state index >= 15 is 0 Å². The van der Waals surface area contributed by atoms with E-state index < -0.39 is 3.79 Å². The van der Waals surface area contributed by atoms with Crippen molar-refractivity contribution in [3.8, 4) is 0 Å². The maximum absolute atomic E-state index is 5.51. The molecule has 0 radical (unpaired) electrons. The first-order chi connectivity index (χ1) is 4.88. The molecule has 0 rings (SSSR count). The van der Waals surface area contributed by atoms with E-state index in [0.29, 0.717) is 0 Å². The maximum atomic E-state index is 5.51. The highest BCUT2D eigenvalue weighted by atomic mass is 35.6. The molecule has 0 fully saturated rings. The van der Waals surface area contributed by atoms with Crippen LogP contribution in [0.15, 0.2) is 21.7 Å². The summed E-state index contributed by atoms with van der Waals surface area (Å²) in [4.78, 5) is 0. The number of halogens is 6. The van der Waals surface area contributed by atoms with E-state index in [9.17, 15) is 0 Å². The molecule has 6 heteroatoms. The Kier molecular flexibility index (Phi) is 5.62. The molecule has 0 aromatic carbocycles. The molecule has 0 saturated heterocycles. The summed E-state index contributed by atoms with van der Waals surface area (Å²) < 4.78 is -1.65. The monoisotopic (exact) mass is 272 g/mol. The van der Waals surface area contributed by atoms with Crippen molar-refractivity contribution in [3.05, 3.63) is 21.7 Å². The number of alkyl halides is 3. The van der Waals surface area contributed by atoms with Gasteiger partial charge in [0.25, 0.3) is 0 Å². The Morgan fingerprint density at radius 1 is 1.09 bits per heavy atom. The minimum Gasteiger partial charge on any atom is -0.0913 e. The predicted octanol–water partition coefficient (Wildman–Crippen LogP) is 4.80. The van der Waals surface area contributed by atoms with E-state index in [2.05, 4.69) is 0 Å². The van der Waals surface area contributed by atoms with Gasteiger partial charge in [0.1, 0.15) is 0 Å². The van der Waals surface area contributed by atoms with Gasteiger partial charge in [-0.1, -0.05) is 69.6 Å². The van der Waals surface area contributed by atoms with Crippen LogP contribution in [0.5, 0.6) is 0 Å². The lowest BCUT2D eigenvalue weighted by molar-refractivity contribution is 1.41. The van der Waals surface area contributed by atoms with Gasteiger partial charge in [0, 0.05) is 5.54 Å². The smallest absolute Gasteiger partial charge is 0.0913 e. The third-order valence-electron chi connectivity index (χ3n) is 0.640. The van der Waals surface area contributed by atoms with Crippen molar-refractivity contribution in [3.63, 3.8) is 0 Å². The minimum atomic E-state index is -1.65. The summed E-state index contributed by atoms with van der Waals surface area (Å²) in [6, 6.07) is 0. The molecule has 0 aliphatic heterocycles. The summed E-state index contributed by atoms with van der Waals surface area (Å²) in [6.07, 6.45) is 1.25. The Hall–Kier alpha value is 1.22. The van der Waals surface area contributed by atoms with Gasteiger partial charge in [0.15, 0.2) is 0 Å². The highest BCUT2D eigenvalue weighted by molar-refractivity contribution is 6.73. The highest BCUT2D eigenvalue weighted by Crippen LogP contribution is 2.37. The summed E-state index contributed by atoms with van der Waals surface area (Å²) in [5, 5.41) is 0.187. The lowest BCUT2D eigenvalue weighted by Gasteiger charge is -2.07. The standard InChI is InChI=1S/C5H2Cl6/c6-2-3(7)1-4(8)5(9,10)11/h1-2H/b3-2-,4-1-. The molecule has 64 valence electrons. The van der Waals surface area contributed by atoms with E-state index in [-0.39, 0.29) is 10.1 Å². The van der Waals surface area contributed by atoms with Crippen LogP contribution in [0.1, 0.15) is 0 Å². The molecule has 0 heterocycles. The third kappa shape index (κ3) is 5.46. The van der Waals surface area contributed by atoms with Gasteiger partial charge in [0.2, 0.25) is 3.79 Å². The molecule has 0 nitrogen and oxygen atoms in total. The Bertz CT molecular complexity index is 186.